The second kappa shape index (κ2) is 6.50. The molecule has 0 saturated carbocycles. The van der Waals surface area contributed by atoms with Crippen LogP contribution >= 0.6 is 0 Å². The van der Waals surface area contributed by atoms with E-state index in [-0.39, 0.29) is 11.6 Å². The molecule has 0 saturated heterocycles. The van der Waals surface area contributed by atoms with E-state index in [1.807, 2.05) is 42.2 Å². The summed E-state index contributed by atoms with van der Waals surface area (Å²) in [5.41, 5.74) is 4.49. The Morgan fingerprint density at radius 3 is 2.78 bits per heavy atom. The first-order valence-corrected chi connectivity index (χ1v) is 8.00. The Kier molecular flexibility index (Phi) is 4.44. The van der Waals surface area contributed by atoms with Gasteiger partial charge in [0.1, 0.15) is 5.82 Å². The smallest absolute Gasteiger partial charge is 0.159 e. The molecule has 4 heteroatoms. The lowest BCUT2D eigenvalue weighted by molar-refractivity contribution is 0.101. The summed E-state index contributed by atoms with van der Waals surface area (Å²) < 4.78 is 14.3. The normalized spacial score (nSPS) is 13.3. The minimum Gasteiger partial charge on any atom is -0.339 e. The van der Waals surface area contributed by atoms with E-state index in [2.05, 4.69) is 5.32 Å². The highest BCUT2D eigenvalue weighted by molar-refractivity contribution is 5.95. The minimum absolute atomic E-state index is 0.0602. The van der Waals surface area contributed by atoms with Gasteiger partial charge in [-0.1, -0.05) is 13.0 Å². The van der Waals surface area contributed by atoms with Crippen LogP contribution in [0.5, 0.6) is 0 Å². The summed E-state index contributed by atoms with van der Waals surface area (Å²) in [5, 5.41) is 3.26. The largest absolute Gasteiger partial charge is 0.339 e. The summed E-state index contributed by atoms with van der Waals surface area (Å²) >= 11 is 0. The SMILES string of the molecule is CCNCc1ccc(F)c(N2CCc3cc(C(C)=O)ccc32)c1. The number of ketones is 1. The molecular formula is C19H21FN2O. The molecule has 1 aliphatic heterocycles. The molecule has 0 unspecified atom stereocenters. The number of benzene rings is 2. The number of fused-ring (bicyclic) bond motifs is 1. The molecule has 3 rings (SSSR count). The topological polar surface area (TPSA) is 32.3 Å². The van der Waals surface area contributed by atoms with Gasteiger partial charge < -0.3 is 10.2 Å². The van der Waals surface area contributed by atoms with Gasteiger partial charge in [-0.2, -0.15) is 0 Å². The summed E-state index contributed by atoms with van der Waals surface area (Å²) in [7, 11) is 0. The fourth-order valence-corrected chi connectivity index (χ4v) is 3.02. The zero-order chi connectivity index (χ0) is 16.4. The number of nitrogens with one attached hydrogen (secondary N) is 1. The monoisotopic (exact) mass is 312 g/mol. The van der Waals surface area contributed by atoms with Crippen molar-refractivity contribution in [3.05, 3.63) is 58.9 Å². The van der Waals surface area contributed by atoms with Gasteiger partial charge in [0.25, 0.3) is 0 Å². The molecule has 1 heterocycles. The number of carbonyl (C=O) groups excluding carboxylic acids is 1. The molecule has 0 spiro atoms. The first-order valence-electron chi connectivity index (χ1n) is 8.00. The van der Waals surface area contributed by atoms with Gasteiger partial charge in [0, 0.05) is 24.3 Å². The van der Waals surface area contributed by atoms with Gasteiger partial charge >= 0.3 is 0 Å². The fourth-order valence-electron chi connectivity index (χ4n) is 3.02. The van der Waals surface area contributed by atoms with E-state index in [1.54, 1.807) is 6.92 Å². The number of nitrogens with zero attached hydrogens (tertiary/aromatic N) is 1. The predicted octanol–water partition coefficient (Wildman–Crippen LogP) is 3.83. The third-order valence-electron chi connectivity index (χ3n) is 4.26. The quantitative estimate of drug-likeness (QED) is 0.852. The van der Waals surface area contributed by atoms with E-state index in [0.717, 1.165) is 42.9 Å². The van der Waals surface area contributed by atoms with Gasteiger partial charge in [-0.15, -0.1) is 0 Å². The Hall–Kier alpha value is -2.20. The highest BCUT2D eigenvalue weighted by Crippen LogP contribution is 2.36. The number of hydrogen-bond donors (Lipinski definition) is 1. The van der Waals surface area contributed by atoms with Crippen LogP contribution in [0.15, 0.2) is 36.4 Å². The molecule has 0 radical (unpaired) electrons. The molecule has 0 atom stereocenters. The van der Waals surface area contributed by atoms with Gasteiger partial charge in [0.05, 0.1) is 5.69 Å². The van der Waals surface area contributed by atoms with Gasteiger partial charge in [-0.3, -0.25) is 4.79 Å². The van der Waals surface area contributed by atoms with E-state index in [1.165, 1.54) is 6.07 Å². The van der Waals surface area contributed by atoms with Crippen molar-refractivity contribution in [1.29, 1.82) is 0 Å². The Balaban J connectivity index is 1.94. The van der Waals surface area contributed by atoms with Gasteiger partial charge in [0.15, 0.2) is 5.78 Å². The number of halogens is 1. The molecule has 2 aromatic carbocycles. The van der Waals surface area contributed by atoms with Crippen LogP contribution in [0.1, 0.15) is 35.3 Å². The lowest BCUT2D eigenvalue weighted by Crippen LogP contribution is -2.16. The van der Waals surface area contributed by atoms with Crippen LogP contribution < -0.4 is 10.2 Å². The highest BCUT2D eigenvalue weighted by atomic mass is 19.1. The van der Waals surface area contributed by atoms with E-state index in [4.69, 9.17) is 0 Å². The first kappa shape index (κ1) is 15.7. The Morgan fingerprint density at radius 1 is 1.22 bits per heavy atom. The number of anilines is 2. The average Bonchev–Trinajstić information content (AvgIpc) is 2.97. The minimum atomic E-state index is -0.214. The van der Waals surface area contributed by atoms with Crippen molar-refractivity contribution in [3.8, 4) is 0 Å². The van der Waals surface area contributed by atoms with Gasteiger partial charge in [-0.05, 0) is 61.3 Å². The van der Waals surface area contributed by atoms with Crippen LogP contribution in [0.2, 0.25) is 0 Å². The van der Waals surface area contributed by atoms with Crippen molar-refractivity contribution in [2.45, 2.75) is 26.8 Å². The molecule has 120 valence electrons. The summed E-state index contributed by atoms with van der Waals surface area (Å²) in [6.07, 6.45) is 0.827. The third kappa shape index (κ3) is 3.13. The van der Waals surface area contributed by atoms with Crippen molar-refractivity contribution >= 4 is 17.2 Å². The Labute approximate surface area is 136 Å². The summed E-state index contributed by atoms with van der Waals surface area (Å²) in [4.78, 5) is 13.5. The molecule has 1 aliphatic rings. The molecule has 0 amide bonds. The van der Waals surface area contributed by atoms with Crippen LogP contribution in [0.3, 0.4) is 0 Å². The third-order valence-corrected chi connectivity index (χ3v) is 4.26. The number of hydrogen-bond acceptors (Lipinski definition) is 3. The lowest BCUT2D eigenvalue weighted by Gasteiger charge is -2.21. The van der Waals surface area contributed by atoms with Crippen LogP contribution in [-0.4, -0.2) is 18.9 Å². The van der Waals surface area contributed by atoms with Crippen molar-refractivity contribution in [1.82, 2.24) is 5.32 Å². The summed E-state index contributed by atoms with van der Waals surface area (Å²) in [5.74, 6) is -0.154. The average molecular weight is 312 g/mol. The van der Waals surface area contributed by atoms with Crippen LogP contribution in [-0.2, 0) is 13.0 Å². The second-order valence-corrected chi connectivity index (χ2v) is 5.87. The molecule has 0 aromatic heterocycles. The molecule has 3 nitrogen and oxygen atoms in total. The standard InChI is InChI=1S/C19H21FN2O/c1-3-21-12-14-4-6-17(20)19(10-14)22-9-8-16-11-15(13(2)23)5-7-18(16)22/h4-7,10-11,21H,3,8-9,12H2,1-2H3. The van der Waals surface area contributed by atoms with E-state index in [0.29, 0.717) is 11.3 Å². The van der Waals surface area contributed by atoms with Gasteiger partial charge in [-0.25, -0.2) is 4.39 Å². The van der Waals surface area contributed by atoms with Crippen LogP contribution in [0.25, 0.3) is 0 Å². The maximum atomic E-state index is 14.3. The summed E-state index contributed by atoms with van der Waals surface area (Å²) in [6.45, 7) is 5.96. The zero-order valence-electron chi connectivity index (χ0n) is 13.5. The van der Waals surface area contributed by atoms with Crippen molar-refractivity contribution in [2.24, 2.45) is 0 Å². The summed E-state index contributed by atoms with van der Waals surface area (Å²) in [6, 6.07) is 10.9. The number of Topliss-reactive ketones (excluding diaryl/α,β-unsaturated/α-hetero) is 1. The molecule has 0 bridgehead atoms. The first-order chi connectivity index (χ1) is 11.1. The van der Waals surface area contributed by atoms with Crippen molar-refractivity contribution in [2.75, 3.05) is 18.0 Å². The van der Waals surface area contributed by atoms with Gasteiger partial charge in [0.2, 0.25) is 0 Å². The molecular weight excluding hydrogens is 291 g/mol. The maximum Gasteiger partial charge on any atom is 0.159 e. The second-order valence-electron chi connectivity index (χ2n) is 5.87. The van der Waals surface area contributed by atoms with Crippen molar-refractivity contribution < 1.29 is 9.18 Å². The fraction of sp³-hybridized carbons (Fsp3) is 0.316. The highest BCUT2D eigenvalue weighted by Gasteiger charge is 2.23. The Bertz CT molecular complexity index is 742. The maximum absolute atomic E-state index is 14.3. The Morgan fingerprint density at radius 2 is 2.04 bits per heavy atom. The van der Waals surface area contributed by atoms with E-state index >= 15 is 0 Å². The molecule has 0 fully saturated rings. The van der Waals surface area contributed by atoms with E-state index < -0.39 is 0 Å². The van der Waals surface area contributed by atoms with Crippen LogP contribution in [0, 0.1) is 5.82 Å². The van der Waals surface area contributed by atoms with E-state index in [9.17, 15) is 9.18 Å². The number of carbonyl (C=O) groups is 1. The van der Waals surface area contributed by atoms with Crippen LogP contribution in [0.4, 0.5) is 15.8 Å². The van der Waals surface area contributed by atoms with Crippen molar-refractivity contribution in [3.63, 3.8) is 0 Å². The number of rotatable bonds is 5. The molecule has 1 N–H and O–H groups in total. The molecule has 23 heavy (non-hydrogen) atoms. The molecule has 0 aliphatic carbocycles. The molecule has 2 aromatic rings. The lowest BCUT2D eigenvalue weighted by atomic mass is 10.1. The predicted molar refractivity (Wildman–Crippen MR) is 90.9 cm³/mol. The zero-order valence-corrected chi connectivity index (χ0v) is 13.5.